The number of nitrogens with zero attached hydrogens (tertiary/aromatic N) is 3. The molecule has 0 saturated heterocycles. The summed E-state index contributed by atoms with van der Waals surface area (Å²) < 4.78 is 1.64. The fraction of sp³-hybridized carbons (Fsp3) is 0.556. The van der Waals surface area contributed by atoms with Crippen LogP contribution in [-0.2, 0) is 13.1 Å². The Hall–Kier alpha value is -1.36. The van der Waals surface area contributed by atoms with Gasteiger partial charge in [-0.3, -0.25) is 0 Å². The van der Waals surface area contributed by atoms with Crippen LogP contribution in [0, 0.1) is 0 Å². The number of imidazole rings is 1. The molecule has 0 unspecified atom stereocenters. The van der Waals surface area contributed by atoms with E-state index < -0.39 is 5.97 Å². The van der Waals surface area contributed by atoms with Crippen molar-refractivity contribution in [3.8, 4) is 0 Å². The molecular weight excluding hydrogens is 182 g/mol. The van der Waals surface area contributed by atoms with Crippen LogP contribution in [-0.4, -0.2) is 39.6 Å². The molecule has 0 aliphatic carbocycles. The average molecular weight is 197 g/mol. The minimum absolute atomic E-state index is 0.115. The first kappa shape index (κ1) is 10.7. The Labute approximate surface area is 83.0 Å². The Morgan fingerprint density at radius 2 is 2.29 bits per heavy atom. The second-order valence-electron chi connectivity index (χ2n) is 3.38. The molecule has 1 aromatic heterocycles. The van der Waals surface area contributed by atoms with E-state index in [9.17, 15) is 4.79 Å². The third-order valence-corrected chi connectivity index (χ3v) is 1.84. The maximum absolute atomic E-state index is 10.8. The van der Waals surface area contributed by atoms with Gasteiger partial charge in [0.1, 0.15) is 0 Å². The highest BCUT2D eigenvalue weighted by Crippen LogP contribution is 2.05. The van der Waals surface area contributed by atoms with Gasteiger partial charge in [0.25, 0.3) is 0 Å². The molecule has 0 aromatic carbocycles. The van der Waals surface area contributed by atoms with Crippen LogP contribution < -0.4 is 0 Å². The van der Waals surface area contributed by atoms with Crippen LogP contribution in [0.3, 0.4) is 0 Å². The quantitative estimate of drug-likeness (QED) is 0.770. The van der Waals surface area contributed by atoms with E-state index >= 15 is 0 Å². The predicted molar refractivity (Wildman–Crippen MR) is 52.3 cm³/mol. The van der Waals surface area contributed by atoms with Gasteiger partial charge in [-0.2, -0.15) is 0 Å². The molecule has 0 atom stereocenters. The van der Waals surface area contributed by atoms with Crippen molar-refractivity contribution in [2.45, 2.75) is 20.0 Å². The highest BCUT2D eigenvalue weighted by atomic mass is 16.4. The summed E-state index contributed by atoms with van der Waals surface area (Å²) in [6.45, 7) is 3.18. The maximum Gasteiger partial charge on any atom is 0.372 e. The summed E-state index contributed by atoms with van der Waals surface area (Å²) in [4.78, 5) is 16.8. The zero-order valence-electron chi connectivity index (χ0n) is 8.69. The highest BCUT2D eigenvalue weighted by Gasteiger charge is 2.13. The number of carboxylic acids is 1. The summed E-state index contributed by atoms with van der Waals surface area (Å²) in [5.74, 6) is -0.860. The Morgan fingerprint density at radius 3 is 2.64 bits per heavy atom. The lowest BCUT2D eigenvalue weighted by atomic mass is 10.4. The predicted octanol–water partition coefficient (Wildman–Crippen LogP) is 0.663. The van der Waals surface area contributed by atoms with Gasteiger partial charge in [0.05, 0.1) is 5.69 Å². The van der Waals surface area contributed by atoms with E-state index in [0.717, 1.165) is 5.69 Å². The summed E-state index contributed by atoms with van der Waals surface area (Å²) in [5, 5.41) is 8.85. The third kappa shape index (κ3) is 2.32. The molecule has 0 aliphatic heterocycles. The van der Waals surface area contributed by atoms with Crippen molar-refractivity contribution < 1.29 is 9.90 Å². The number of rotatable bonds is 4. The van der Waals surface area contributed by atoms with Gasteiger partial charge in [-0.05, 0) is 21.0 Å². The topological polar surface area (TPSA) is 58.4 Å². The summed E-state index contributed by atoms with van der Waals surface area (Å²) in [7, 11) is 3.84. The molecule has 0 aliphatic rings. The molecule has 78 valence electrons. The smallest absolute Gasteiger partial charge is 0.372 e. The van der Waals surface area contributed by atoms with Crippen LogP contribution >= 0.6 is 0 Å². The molecule has 0 bridgehead atoms. The second-order valence-corrected chi connectivity index (χ2v) is 3.38. The first-order valence-corrected chi connectivity index (χ1v) is 4.48. The van der Waals surface area contributed by atoms with Crippen molar-refractivity contribution in [1.82, 2.24) is 14.5 Å². The lowest BCUT2D eigenvalue weighted by Gasteiger charge is -2.05. The zero-order chi connectivity index (χ0) is 10.7. The number of hydrogen-bond donors (Lipinski definition) is 1. The van der Waals surface area contributed by atoms with Crippen LogP contribution in [0.25, 0.3) is 0 Å². The van der Waals surface area contributed by atoms with Crippen LogP contribution in [0.2, 0.25) is 0 Å². The molecular formula is C9H15N3O2. The number of hydrogen-bond acceptors (Lipinski definition) is 3. The van der Waals surface area contributed by atoms with Crippen molar-refractivity contribution in [2.24, 2.45) is 0 Å². The van der Waals surface area contributed by atoms with E-state index in [1.807, 2.05) is 25.9 Å². The van der Waals surface area contributed by atoms with Crippen molar-refractivity contribution in [1.29, 1.82) is 0 Å². The maximum atomic E-state index is 10.8. The lowest BCUT2D eigenvalue weighted by molar-refractivity contribution is 0.0678. The van der Waals surface area contributed by atoms with E-state index in [2.05, 4.69) is 4.98 Å². The molecule has 1 N–H and O–H groups in total. The number of aryl methyl sites for hydroxylation is 1. The molecule has 5 heteroatoms. The van der Waals surface area contributed by atoms with Crippen LogP contribution in [0.1, 0.15) is 23.2 Å². The Balaban J connectivity index is 2.94. The number of aromatic carboxylic acids is 1. The summed E-state index contributed by atoms with van der Waals surface area (Å²) in [5.41, 5.74) is 0.786. The molecule has 1 heterocycles. The van der Waals surface area contributed by atoms with E-state index in [-0.39, 0.29) is 5.82 Å². The molecule has 1 rings (SSSR count). The second kappa shape index (κ2) is 4.23. The van der Waals surface area contributed by atoms with Gasteiger partial charge < -0.3 is 14.6 Å². The van der Waals surface area contributed by atoms with E-state index in [1.165, 1.54) is 0 Å². The standard InChI is InChI=1S/C9H15N3O2/c1-4-12-6-7(5-11(2)3)10-8(12)9(13)14/h6H,4-5H2,1-3H3,(H,13,14). The highest BCUT2D eigenvalue weighted by molar-refractivity contribution is 5.83. The lowest BCUT2D eigenvalue weighted by Crippen LogP contribution is -2.11. The SMILES string of the molecule is CCn1cc(CN(C)C)nc1C(=O)O. The molecule has 0 saturated carbocycles. The van der Waals surface area contributed by atoms with Gasteiger partial charge in [0, 0.05) is 19.3 Å². The molecule has 0 amide bonds. The van der Waals surface area contributed by atoms with Gasteiger partial charge in [-0.15, -0.1) is 0 Å². The zero-order valence-corrected chi connectivity index (χ0v) is 8.69. The van der Waals surface area contributed by atoms with Crippen molar-refractivity contribution in [2.75, 3.05) is 14.1 Å². The summed E-state index contributed by atoms with van der Waals surface area (Å²) >= 11 is 0. The summed E-state index contributed by atoms with van der Waals surface area (Å²) in [6.07, 6.45) is 1.78. The Bertz CT molecular complexity index is 331. The fourth-order valence-corrected chi connectivity index (χ4v) is 1.28. The van der Waals surface area contributed by atoms with E-state index in [1.54, 1.807) is 10.8 Å². The van der Waals surface area contributed by atoms with Crippen molar-refractivity contribution in [3.05, 3.63) is 17.7 Å². The van der Waals surface area contributed by atoms with Crippen LogP contribution in [0.15, 0.2) is 6.20 Å². The average Bonchev–Trinajstić information content (AvgIpc) is 2.46. The van der Waals surface area contributed by atoms with Crippen LogP contribution in [0.4, 0.5) is 0 Å². The van der Waals surface area contributed by atoms with E-state index in [0.29, 0.717) is 13.1 Å². The minimum atomic E-state index is -0.975. The van der Waals surface area contributed by atoms with Gasteiger partial charge in [-0.25, -0.2) is 9.78 Å². The van der Waals surface area contributed by atoms with E-state index in [4.69, 9.17) is 5.11 Å². The summed E-state index contributed by atoms with van der Waals surface area (Å²) in [6, 6.07) is 0. The molecule has 1 aromatic rings. The Morgan fingerprint density at radius 1 is 1.64 bits per heavy atom. The van der Waals surface area contributed by atoms with Crippen molar-refractivity contribution >= 4 is 5.97 Å². The fourth-order valence-electron chi connectivity index (χ4n) is 1.28. The van der Waals surface area contributed by atoms with Gasteiger partial charge in [-0.1, -0.05) is 0 Å². The van der Waals surface area contributed by atoms with Gasteiger partial charge >= 0.3 is 5.97 Å². The third-order valence-electron chi connectivity index (χ3n) is 1.84. The van der Waals surface area contributed by atoms with Gasteiger partial charge in [0.15, 0.2) is 0 Å². The molecule has 0 radical (unpaired) electrons. The first-order chi connectivity index (χ1) is 6.54. The number of aromatic nitrogens is 2. The number of carbonyl (C=O) groups is 1. The molecule has 14 heavy (non-hydrogen) atoms. The molecule has 0 fully saturated rings. The normalized spacial score (nSPS) is 10.9. The van der Waals surface area contributed by atoms with Crippen molar-refractivity contribution in [3.63, 3.8) is 0 Å². The monoisotopic (exact) mass is 197 g/mol. The molecule has 0 spiro atoms. The van der Waals surface area contributed by atoms with Crippen LogP contribution in [0.5, 0.6) is 0 Å². The molecule has 5 nitrogen and oxygen atoms in total. The Kier molecular flexibility index (Phi) is 3.24. The first-order valence-electron chi connectivity index (χ1n) is 4.48. The number of carboxylic acid groups (broad SMARTS) is 1. The minimum Gasteiger partial charge on any atom is -0.475 e. The van der Waals surface area contributed by atoms with Gasteiger partial charge in [0.2, 0.25) is 5.82 Å². The largest absolute Gasteiger partial charge is 0.475 e.